The van der Waals surface area contributed by atoms with Crippen molar-refractivity contribution >= 4 is 17.7 Å². The smallest absolute Gasteiger partial charge is 0.309 e. The van der Waals surface area contributed by atoms with Gasteiger partial charge in [-0.15, -0.1) is 0 Å². The number of hydrogen-bond donors (Lipinski definition) is 0. The quantitative estimate of drug-likeness (QED) is 0.668. The van der Waals surface area contributed by atoms with Crippen molar-refractivity contribution in [2.45, 2.75) is 78.2 Å². The van der Waals surface area contributed by atoms with Gasteiger partial charge in [-0.1, -0.05) is 13.8 Å². The van der Waals surface area contributed by atoms with Crippen LogP contribution in [0.3, 0.4) is 0 Å². The molecule has 4 saturated carbocycles. The number of rotatable bonds is 2. The number of ether oxygens (including phenoxy) is 2. The molecule has 0 aromatic rings. The van der Waals surface area contributed by atoms with Crippen molar-refractivity contribution < 1.29 is 23.9 Å². The number of carbonyl (C=O) groups is 3. The number of esters is 2. The number of carbonyl (C=O) groups excluding carboxylic acids is 3. The van der Waals surface area contributed by atoms with Crippen molar-refractivity contribution in [2.24, 2.45) is 40.4 Å². The average Bonchev–Trinajstić information content (AvgIpc) is 2.97. The van der Waals surface area contributed by atoms with E-state index in [4.69, 9.17) is 9.47 Å². The molecule has 0 aliphatic heterocycles. The zero-order valence-electron chi connectivity index (χ0n) is 17.7. The van der Waals surface area contributed by atoms with Gasteiger partial charge >= 0.3 is 11.9 Å². The van der Waals surface area contributed by atoms with E-state index in [-0.39, 0.29) is 40.7 Å². The standard InChI is InChI=1S/C23H34O5/c1-13(24)28-15-9-10-22(2)14(11-15)5-6-16-17-7-8-18(21(26)27-4)23(17,3)12-19(25)20(16)22/h14-18,20H,5-12H2,1-4H3/t14-,15+,16+,17+,18-,20-,22-,23-/m0/s1. The molecule has 0 spiro atoms. The third-order valence-electron chi connectivity index (χ3n) is 9.12. The fraction of sp³-hybridized carbons (Fsp3) is 0.870. The number of ketones is 1. The summed E-state index contributed by atoms with van der Waals surface area (Å²) in [6.07, 6.45) is 7.23. The van der Waals surface area contributed by atoms with Crippen LogP contribution < -0.4 is 0 Å². The molecule has 0 unspecified atom stereocenters. The van der Waals surface area contributed by atoms with Gasteiger partial charge in [0.2, 0.25) is 0 Å². The van der Waals surface area contributed by atoms with Crippen molar-refractivity contribution in [2.75, 3.05) is 7.11 Å². The van der Waals surface area contributed by atoms with Gasteiger partial charge in [0.15, 0.2) is 0 Å². The molecule has 0 aromatic heterocycles. The lowest BCUT2D eigenvalue weighted by atomic mass is 9.44. The Morgan fingerprint density at radius 2 is 1.79 bits per heavy atom. The summed E-state index contributed by atoms with van der Waals surface area (Å²) in [7, 11) is 1.46. The van der Waals surface area contributed by atoms with Crippen molar-refractivity contribution in [3.05, 3.63) is 0 Å². The van der Waals surface area contributed by atoms with Crippen LogP contribution in [0.2, 0.25) is 0 Å². The molecule has 28 heavy (non-hydrogen) atoms. The molecular formula is C23H34O5. The fourth-order valence-electron chi connectivity index (χ4n) is 7.90. The second-order valence-electron chi connectivity index (χ2n) is 10.3. The van der Waals surface area contributed by atoms with Crippen LogP contribution in [0.1, 0.15) is 72.1 Å². The average molecular weight is 391 g/mol. The highest BCUT2D eigenvalue weighted by molar-refractivity contribution is 5.86. The van der Waals surface area contributed by atoms with E-state index in [1.807, 2.05) is 0 Å². The lowest BCUT2D eigenvalue weighted by molar-refractivity contribution is -0.172. The summed E-state index contributed by atoms with van der Waals surface area (Å²) in [5.41, 5.74) is -0.245. The number of Topliss-reactive ketones (excluding diaryl/α,β-unsaturated/α-hetero) is 1. The Bertz CT molecular complexity index is 686. The van der Waals surface area contributed by atoms with Gasteiger partial charge < -0.3 is 9.47 Å². The highest BCUT2D eigenvalue weighted by atomic mass is 16.5. The lowest BCUT2D eigenvalue weighted by Crippen LogP contribution is -2.58. The summed E-state index contributed by atoms with van der Waals surface area (Å²) in [6.45, 7) is 5.95. The van der Waals surface area contributed by atoms with Gasteiger partial charge in [0, 0.05) is 19.3 Å². The normalized spacial score (nSPS) is 47.5. The van der Waals surface area contributed by atoms with Crippen molar-refractivity contribution in [3.63, 3.8) is 0 Å². The van der Waals surface area contributed by atoms with Crippen LogP contribution >= 0.6 is 0 Å². The van der Waals surface area contributed by atoms with Crippen molar-refractivity contribution in [1.82, 2.24) is 0 Å². The summed E-state index contributed by atoms with van der Waals surface area (Å²) in [4.78, 5) is 37.3. The topological polar surface area (TPSA) is 69.7 Å². The second-order valence-corrected chi connectivity index (χ2v) is 10.3. The molecule has 4 fully saturated rings. The molecule has 5 heteroatoms. The van der Waals surface area contributed by atoms with Gasteiger partial charge in [0.05, 0.1) is 13.0 Å². The predicted octanol–water partition coefficient (Wildman–Crippen LogP) is 3.93. The van der Waals surface area contributed by atoms with Crippen molar-refractivity contribution in [3.8, 4) is 0 Å². The number of hydrogen-bond acceptors (Lipinski definition) is 5. The maximum Gasteiger partial charge on any atom is 0.309 e. The zero-order chi connectivity index (χ0) is 20.3. The molecule has 0 saturated heterocycles. The van der Waals surface area contributed by atoms with Crippen LogP contribution in [0.5, 0.6) is 0 Å². The van der Waals surface area contributed by atoms with Crippen molar-refractivity contribution in [1.29, 1.82) is 0 Å². The largest absolute Gasteiger partial charge is 0.469 e. The third kappa shape index (κ3) is 2.83. The molecule has 0 N–H and O–H groups in total. The van der Waals surface area contributed by atoms with E-state index in [2.05, 4.69) is 13.8 Å². The molecule has 4 aliphatic carbocycles. The van der Waals surface area contributed by atoms with E-state index in [1.54, 1.807) is 0 Å². The fourth-order valence-corrected chi connectivity index (χ4v) is 7.90. The molecule has 8 atom stereocenters. The molecular weight excluding hydrogens is 356 g/mol. The Balaban J connectivity index is 1.59. The third-order valence-corrected chi connectivity index (χ3v) is 9.12. The maximum atomic E-state index is 13.5. The lowest BCUT2D eigenvalue weighted by Gasteiger charge is -2.59. The van der Waals surface area contributed by atoms with Crippen LogP contribution in [0.25, 0.3) is 0 Å². The minimum Gasteiger partial charge on any atom is -0.469 e. The van der Waals surface area contributed by atoms with E-state index >= 15 is 0 Å². The van der Waals surface area contributed by atoms with Crippen LogP contribution in [0.15, 0.2) is 0 Å². The van der Waals surface area contributed by atoms with E-state index in [0.29, 0.717) is 30.0 Å². The summed E-state index contributed by atoms with van der Waals surface area (Å²) in [6, 6.07) is 0. The molecule has 0 heterocycles. The summed E-state index contributed by atoms with van der Waals surface area (Å²) in [5.74, 6) is 1.23. The van der Waals surface area contributed by atoms with Gasteiger partial charge in [-0.05, 0) is 73.5 Å². The summed E-state index contributed by atoms with van der Waals surface area (Å²) < 4.78 is 10.6. The van der Waals surface area contributed by atoms with Crippen LogP contribution in [-0.4, -0.2) is 30.9 Å². The molecule has 4 rings (SSSR count). The Kier molecular flexibility index (Phi) is 4.86. The van der Waals surface area contributed by atoms with E-state index in [1.165, 1.54) is 14.0 Å². The van der Waals surface area contributed by atoms with Gasteiger partial charge in [0.1, 0.15) is 11.9 Å². The SMILES string of the molecule is COC(=O)[C@@H]1CC[C@@H]2[C@H]3CC[C@H]4C[C@H](OC(C)=O)CC[C@]4(C)[C@@H]3C(=O)C[C@@]21C. The Morgan fingerprint density at radius 3 is 2.46 bits per heavy atom. The summed E-state index contributed by atoms with van der Waals surface area (Å²) >= 11 is 0. The van der Waals surface area contributed by atoms with Crippen LogP contribution in [0.4, 0.5) is 0 Å². The summed E-state index contributed by atoms with van der Waals surface area (Å²) in [5, 5.41) is 0. The van der Waals surface area contributed by atoms with Crippen LogP contribution in [0, 0.1) is 40.4 Å². The molecule has 0 radical (unpaired) electrons. The molecule has 4 aliphatic rings. The zero-order valence-corrected chi connectivity index (χ0v) is 17.7. The number of fused-ring (bicyclic) bond motifs is 5. The Morgan fingerprint density at radius 1 is 1.04 bits per heavy atom. The first-order valence-corrected chi connectivity index (χ1v) is 11.0. The number of methoxy groups -OCH3 is 1. The molecule has 0 amide bonds. The van der Waals surface area contributed by atoms with E-state index in [0.717, 1.165) is 44.9 Å². The first-order chi connectivity index (χ1) is 13.2. The highest BCUT2D eigenvalue weighted by Gasteiger charge is 2.64. The van der Waals surface area contributed by atoms with E-state index < -0.39 is 0 Å². The first kappa shape index (κ1) is 19.9. The second kappa shape index (κ2) is 6.84. The minimum atomic E-state index is -0.247. The predicted molar refractivity (Wildman–Crippen MR) is 103 cm³/mol. The van der Waals surface area contributed by atoms with Gasteiger partial charge in [-0.2, -0.15) is 0 Å². The Labute approximate surface area is 167 Å². The minimum absolute atomic E-state index is 0.00132. The molecule has 5 nitrogen and oxygen atoms in total. The van der Waals surface area contributed by atoms with E-state index in [9.17, 15) is 14.4 Å². The monoisotopic (exact) mass is 390 g/mol. The first-order valence-electron chi connectivity index (χ1n) is 11.0. The van der Waals surface area contributed by atoms with Gasteiger partial charge in [0.25, 0.3) is 0 Å². The maximum absolute atomic E-state index is 13.5. The molecule has 0 bridgehead atoms. The molecule has 156 valence electrons. The Hall–Kier alpha value is -1.39. The van der Waals surface area contributed by atoms with Gasteiger partial charge in [-0.25, -0.2) is 0 Å². The van der Waals surface area contributed by atoms with Gasteiger partial charge in [-0.3, -0.25) is 14.4 Å². The molecule has 0 aromatic carbocycles. The van der Waals surface area contributed by atoms with Crippen LogP contribution in [-0.2, 0) is 23.9 Å². The highest BCUT2D eigenvalue weighted by Crippen LogP contribution is 2.66.